The molecule has 0 bridgehead atoms. The Kier molecular flexibility index (Phi) is 5.04. The highest BCUT2D eigenvalue weighted by Crippen LogP contribution is 2.32. The van der Waals surface area contributed by atoms with Crippen molar-refractivity contribution in [2.45, 2.75) is 51.1 Å². The average Bonchev–Trinajstić information content (AvgIpc) is 3.47. The molecule has 2 aliphatic rings. The third kappa shape index (κ3) is 3.84. The standard InChI is InChI=1S/C23H26N4O3S/c1-15-21-19(23(28)24-17-9-5-6-10-17)13-20(16-7-3-2-4-8-16)25-22(21)27(26-15)18-11-12-31(29,30)14-18/h2-4,7-8,13,17-18H,5-6,9-12,14H2,1H3,(H,24,28)/t18-/m0/s1. The predicted octanol–water partition coefficient (Wildman–Crippen LogP) is 3.44. The van der Waals surface area contributed by atoms with Crippen molar-refractivity contribution < 1.29 is 13.2 Å². The van der Waals surface area contributed by atoms with E-state index in [9.17, 15) is 13.2 Å². The van der Waals surface area contributed by atoms with E-state index in [2.05, 4.69) is 10.4 Å². The first-order valence-electron chi connectivity index (χ1n) is 10.9. The van der Waals surface area contributed by atoms with Gasteiger partial charge in [0.05, 0.1) is 39.9 Å². The Morgan fingerprint density at radius 1 is 1.13 bits per heavy atom. The molecule has 1 aromatic carbocycles. The van der Waals surface area contributed by atoms with E-state index in [1.807, 2.05) is 43.3 Å². The molecule has 5 rings (SSSR count). The molecule has 3 heterocycles. The SMILES string of the molecule is Cc1nn([C@H]2CCS(=O)(=O)C2)c2nc(-c3ccccc3)cc(C(=O)NC3CCCC3)c12. The Morgan fingerprint density at radius 3 is 2.55 bits per heavy atom. The fourth-order valence-corrected chi connectivity index (χ4v) is 6.50. The Labute approximate surface area is 181 Å². The second kappa shape index (κ2) is 7.75. The summed E-state index contributed by atoms with van der Waals surface area (Å²) in [6, 6.07) is 11.5. The van der Waals surface area contributed by atoms with Gasteiger partial charge in [-0.2, -0.15) is 5.10 Å². The Bertz CT molecular complexity index is 1240. The Balaban J connectivity index is 1.66. The monoisotopic (exact) mass is 438 g/mol. The molecule has 162 valence electrons. The number of nitrogens with one attached hydrogen (secondary N) is 1. The van der Waals surface area contributed by atoms with Crippen LogP contribution in [0.5, 0.6) is 0 Å². The summed E-state index contributed by atoms with van der Waals surface area (Å²) in [6.45, 7) is 1.86. The van der Waals surface area contributed by atoms with Crippen molar-refractivity contribution in [2.24, 2.45) is 0 Å². The summed E-state index contributed by atoms with van der Waals surface area (Å²) < 4.78 is 25.9. The number of rotatable bonds is 4. The van der Waals surface area contributed by atoms with Gasteiger partial charge in [0.25, 0.3) is 5.91 Å². The van der Waals surface area contributed by atoms with Crippen molar-refractivity contribution in [3.05, 3.63) is 47.7 Å². The maximum atomic E-state index is 13.3. The van der Waals surface area contributed by atoms with Crippen molar-refractivity contribution >= 4 is 26.8 Å². The Morgan fingerprint density at radius 2 is 1.87 bits per heavy atom. The number of nitrogens with zero attached hydrogens (tertiary/aromatic N) is 3. The molecule has 2 fully saturated rings. The van der Waals surface area contributed by atoms with Gasteiger partial charge in [0, 0.05) is 11.6 Å². The highest BCUT2D eigenvalue weighted by atomic mass is 32.2. The number of fused-ring (bicyclic) bond motifs is 1. The number of carbonyl (C=O) groups is 1. The molecule has 2 aromatic heterocycles. The molecule has 8 heteroatoms. The minimum absolute atomic E-state index is 0.0596. The van der Waals surface area contributed by atoms with Crippen molar-refractivity contribution in [2.75, 3.05) is 11.5 Å². The zero-order chi connectivity index (χ0) is 21.6. The third-order valence-electron chi connectivity index (χ3n) is 6.40. The van der Waals surface area contributed by atoms with E-state index in [-0.39, 0.29) is 29.5 Å². The molecule has 7 nitrogen and oxygen atoms in total. The van der Waals surface area contributed by atoms with Gasteiger partial charge >= 0.3 is 0 Å². The summed E-state index contributed by atoms with van der Waals surface area (Å²) in [4.78, 5) is 18.2. The van der Waals surface area contributed by atoms with Crippen LogP contribution in [0, 0.1) is 6.92 Å². The van der Waals surface area contributed by atoms with Gasteiger partial charge in [-0.3, -0.25) is 4.79 Å². The van der Waals surface area contributed by atoms with Crippen LogP contribution in [0.15, 0.2) is 36.4 Å². The lowest BCUT2D eigenvalue weighted by Gasteiger charge is -2.15. The van der Waals surface area contributed by atoms with Crippen LogP contribution in [0.4, 0.5) is 0 Å². The second-order valence-corrected chi connectivity index (χ2v) is 10.9. The first-order valence-corrected chi connectivity index (χ1v) is 12.7. The zero-order valence-electron chi connectivity index (χ0n) is 17.5. The minimum atomic E-state index is -3.08. The fourth-order valence-electron chi connectivity index (χ4n) is 4.81. The summed E-state index contributed by atoms with van der Waals surface area (Å²) in [7, 11) is -3.08. The number of aromatic nitrogens is 3. The molecule has 1 saturated carbocycles. The van der Waals surface area contributed by atoms with Crippen molar-refractivity contribution in [3.63, 3.8) is 0 Å². The van der Waals surface area contributed by atoms with Gasteiger partial charge < -0.3 is 5.32 Å². The molecule has 0 spiro atoms. The molecule has 0 radical (unpaired) electrons. The average molecular weight is 439 g/mol. The highest BCUT2D eigenvalue weighted by molar-refractivity contribution is 7.91. The van der Waals surface area contributed by atoms with Gasteiger partial charge in [0.2, 0.25) is 0 Å². The smallest absolute Gasteiger partial charge is 0.252 e. The summed E-state index contributed by atoms with van der Waals surface area (Å²) >= 11 is 0. The number of hydrogen-bond donors (Lipinski definition) is 1. The molecule has 1 amide bonds. The number of amides is 1. The lowest BCUT2D eigenvalue weighted by atomic mass is 10.0. The van der Waals surface area contributed by atoms with E-state index >= 15 is 0 Å². The predicted molar refractivity (Wildman–Crippen MR) is 120 cm³/mol. The minimum Gasteiger partial charge on any atom is -0.349 e. The first kappa shape index (κ1) is 20.2. The molecule has 31 heavy (non-hydrogen) atoms. The summed E-state index contributed by atoms with van der Waals surface area (Å²) in [5.74, 6) is 0.105. The van der Waals surface area contributed by atoms with E-state index < -0.39 is 9.84 Å². The number of hydrogen-bond acceptors (Lipinski definition) is 5. The largest absolute Gasteiger partial charge is 0.349 e. The number of benzene rings is 1. The maximum absolute atomic E-state index is 13.3. The molecule has 3 aromatic rings. The molecular formula is C23H26N4O3S. The van der Waals surface area contributed by atoms with E-state index in [0.717, 1.165) is 31.2 Å². The topological polar surface area (TPSA) is 93.9 Å². The molecule has 1 aliphatic heterocycles. The number of pyridine rings is 1. The summed E-state index contributed by atoms with van der Waals surface area (Å²) in [5, 5.41) is 8.55. The molecule has 1 N–H and O–H groups in total. The zero-order valence-corrected chi connectivity index (χ0v) is 18.4. The van der Waals surface area contributed by atoms with E-state index in [1.54, 1.807) is 4.68 Å². The van der Waals surface area contributed by atoms with Gasteiger partial charge in [-0.1, -0.05) is 43.2 Å². The van der Waals surface area contributed by atoms with Crippen LogP contribution < -0.4 is 5.32 Å². The lowest BCUT2D eigenvalue weighted by molar-refractivity contribution is 0.0939. The van der Waals surface area contributed by atoms with Gasteiger partial charge in [0.1, 0.15) is 0 Å². The number of carbonyl (C=O) groups excluding carboxylic acids is 1. The normalized spacial score (nSPS) is 21.0. The van der Waals surface area contributed by atoms with Gasteiger partial charge in [-0.15, -0.1) is 0 Å². The number of aryl methyl sites for hydroxylation is 1. The maximum Gasteiger partial charge on any atom is 0.252 e. The van der Waals surface area contributed by atoms with Crippen LogP contribution in [0.3, 0.4) is 0 Å². The molecule has 1 atom stereocenters. The van der Waals surface area contributed by atoms with Crippen LogP contribution >= 0.6 is 0 Å². The van der Waals surface area contributed by atoms with Crippen LogP contribution in [-0.2, 0) is 9.84 Å². The van der Waals surface area contributed by atoms with Crippen molar-refractivity contribution in [1.29, 1.82) is 0 Å². The quantitative estimate of drug-likeness (QED) is 0.673. The van der Waals surface area contributed by atoms with E-state index in [0.29, 0.717) is 34.4 Å². The van der Waals surface area contributed by atoms with Crippen LogP contribution in [0.1, 0.15) is 54.2 Å². The summed E-state index contributed by atoms with van der Waals surface area (Å²) in [5.41, 5.74) is 3.43. The van der Waals surface area contributed by atoms with Crippen LogP contribution in [-0.4, -0.2) is 46.6 Å². The van der Waals surface area contributed by atoms with E-state index in [4.69, 9.17) is 4.98 Å². The molecule has 0 unspecified atom stereocenters. The number of sulfone groups is 1. The molecule has 1 aliphatic carbocycles. The third-order valence-corrected chi connectivity index (χ3v) is 8.15. The van der Waals surface area contributed by atoms with E-state index in [1.165, 1.54) is 0 Å². The lowest BCUT2D eigenvalue weighted by Crippen LogP contribution is -2.32. The van der Waals surface area contributed by atoms with Gasteiger partial charge in [-0.05, 0) is 32.3 Å². The van der Waals surface area contributed by atoms with Gasteiger partial charge in [-0.25, -0.2) is 18.1 Å². The van der Waals surface area contributed by atoms with Crippen molar-refractivity contribution in [3.8, 4) is 11.3 Å². The van der Waals surface area contributed by atoms with Crippen LogP contribution in [0.25, 0.3) is 22.3 Å². The molecular weight excluding hydrogens is 412 g/mol. The fraction of sp³-hybridized carbons (Fsp3) is 0.435. The molecule has 1 saturated heterocycles. The second-order valence-electron chi connectivity index (χ2n) is 8.66. The van der Waals surface area contributed by atoms with Gasteiger partial charge in [0.15, 0.2) is 15.5 Å². The van der Waals surface area contributed by atoms with Crippen LogP contribution in [0.2, 0.25) is 0 Å². The Hall–Kier alpha value is -2.74. The highest BCUT2D eigenvalue weighted by Gasteiger charge is 2.32. The summed E-state index contributed by atoms with van der Waals surface area (Å²) in [6.07, 6.45) is 4.80. The van der Waals surface area contributed by atoms with Crippen molar-refractivity contribution in [1.82, 2.24) is 20.1 Å². The first-order chi connectivity index (χ1) is 14.9.